The molecule has 5 nitrogen and oxygen atoms in total. The Morgan fingerprint density at radius 1 is 1.26 bits per heavy atom. The molecule has 2 aliphatic rings. The third-order valence-corrected chi connectivity index (χ3v) is 5.87. The molecule has 2 aliphatic heterocycles. The number of para-hydroxylation sites is 1. The topological polar surface area (TPSA) is 57.3 Å². The van der Waals surface area contributed by atoms with Gasteiger partial charge in [-0.1, -0.05) is 23.5 Å². The molecule has 0 spiro atoms. The van der Waals surface area contributed by atoms with Crippen molar-refractivity contribution in [3.8, 4) is 0 Å². The lowest BCUT2D eigenvalue weighted by molar-refractivity contribution is -0.123. The van der Waals surface area contributed by atoms with E-state index in [4.69, 9.17) is 4.98 Å². The van der Waals surface area contributed by atoms with Gasteiger partial charge in [-0.15, -0.1) is 0 Å². The van der Waals surface area contributed by atoms with Crippen molar-refractivity contribution in [1.29, 1.82) is 0 Å². The molecule has 2 N–H and O–H groups in total. The number of benzene rings is 1. The summed E-state index contributed by atoms with van der Waals surface area (Å²) in [6.07, 6.45) is 4.06. The first kappa shape index (κ1) is 14.9. The Kier molecular flexibility index (Phi) is 4.18. The highest BCUT2D eigenvalue weighted by Gasteiger charge is 2.27. The van der Waals surface area contributed by atoms with E-state index in [9.17, 15) is 4.79 Å². The molecular weight excluding hydrogens is 308 g/mol. The van der Waals surface area contributed by atoms with Gasteiger partial charge in [-0.3, -0.25) is 4.79 Å². The van der Waals surface area contributed by atoms with Crippen molar-refractivity contribution < 1.29 is 4.79 Å². The van der Waals surface area contributed by atoms with Crippen molar-refractivity contribution >= 4 is 32.6 Å². The van der Waals surface area contributed by atoms with E-state index in [0.29, 0.717) is 6.04 Å². The van der Waals surface area contributed by atoms with Crippen molar-refractivity contribution in [2.45, 2.75) is 37.8 Å². The summed E-state index contributed by atoms with van der Waals surface area (Å²) in [5.74, 6) is 0.181. The molecule has 3 heterocycles. The van der Waals surface area contributed by atoms with Crippen LogP contribution < -0.4 is 15.5 Å². The van der Waals surface area contributed by atoms with Crippen LogP contribution in [-0.2, 0) is 4.79 Å². The standard InChI is InChI=1S/C17H22N4OS/c22-16(14-5-3-9-18-14)19-12-7-10-21(11-8-12)17-20-13-4-1-2-6-15(13)23-17/h1-2,4,6,12,14,18H,3,5,7-11H2,(H,19,22). The smallest absolute Gasteiger partial charge is 0.237 e. The minimum atomic E-state index is 0.0253. The molecule has 23 heavy (non-hydrogen) atoms. The van der Waals surface area contributed by atoms with Crippen molar-refractivity contribution in [3.05, 3.63) is 24.3 Å². The van der Waals surface area contributed by atoms with E-state index in [2.05, 4.69) is 33.7 Å². The predicted octanol–water partition coefficient (Wildman–Crippen LogP) is 2.13. The molecule has 2 aromatic rings. The van der Waals surface area contributed by atoms with Gasteiger partial charge in [0.1, 0.15) is 0 Å². The van der Waals surface area contributed by atoms with Crippen LogP contribution in [0.25, 0.3) is 10.2 Å². The monoisotopic (exact) mass is 330 g/mol. The fraction of sp³-hybridized carbons (Fsp3) is 0.529. The molecule has 1 atom stereocenters. The van der Waals surface area contributed by atoms with Crippen LogP contribution in [0.2, 0.25) is 0 Å². The Bertz CT molecular complexity index is 654. The zero-order valence-corrected chi connectivity index (χ0v) is 13.9. The summed E-state index contributed by atoms with van der Waals surface area (Å²) in [5, 5.41) is 7.58. The van der Waals surface area contributed by atoms with Crippen LogP contribution >= 0.6 is 11.3 Å². The van der Waals surface area contributed by atoms with E-state index in [1.54, 1.807) is 11.3 Å². The number of nitrogens with zero attached hydrogens (tertiary/aromatic N) is 2. The van der Waals surface area contributed by atoms with Gasteiger partial charge >= 0.3 is 0 Å². The van der Waals surface area contributed by atoms with Gasteiger partial charge in [-0.2, -0.15) is 0 Å². The molecule has 1 amide bonds. The number of thiazole rings is 1. The van der Waals surface area contributed by atoms with E-state index in [1.807, 2.05) is 6.07 Å². The SMILES string of the molecule is O=C(NC1CCN(c2nc3ccccc3s2)CC1)C1CCCN1. The average Bonchev–Trinajstić information content (AvgIpc) is 3.25. The zero-order valence-electron chi connectivity index (χ0n) is 13.1. The number of carbonyl (C=O) groups excluding carboxylic acids is 1. The van der Waals surface area contributed by atoms with Crippen LogP contribution in [0, 0.1) is 0 Å². The number of piperidine rings is 1. The summed E-state index contributed by atoms with van der Waals surface area (Å²) in [7, 11) is 0. The highest BCUT2D eigenvalue weighted by molar-refractivity contribution is 7.22. The van der Waals surface area contributed by atoms with Crippen molar-refractivity contribution in [2.24, 2.45) is 0 Å². The zero-order chi connectivity index (χ0) is 15.6. The number of anilines is 1. The number of fused-ring (bicyclic) bond motifs is 1. The van der Waals surface area contributed by atoms with Gasteiger partial charge in [-0.25, -0.2) is 4.98 Å². The van der Waals surface area contributed by atoms with Crippen molar-refractivity contribution in [2.75, 3.05) is 24.5 Å². The molecule has 6 heteroatoms. The minimum absolute atomic E-state index is 0.0253. The summed E-state index contributed by atoms with van der Waals surface area (Å²) in [6.45, 7) is 2.89. The summed E-state index contributed by atoms with van der Waals surface area (Å²) in [5.41, 5.74) is 1.08. The molecule has 122 valence electrons. The molecule has 0 aliphatic carbocycles. The highest BCUT2D eigenvalue weighted by Crippen LogP contribution is 2.30. The number of hydrogen-bond acceptors (Lipinski definition) is 5. The Balaban J connectivity index is 1.34. The maximum atomic E-state index is 12.2. The largest absolute Gasteiger partial charge is 0.352 e. The fourth-order valence-corrected chi connectivity index (χ4v) is 4.44. The summed E-state index contributed by atoms with van der Waals surface area (Å²) >= 11 is 1.76. The first-order valence-corrected chi connectivity index (χ1v) is 9.25. The maximum absolute atomic E-state index is 12.2. The van der Waals surface area contributed by atoms with Gasteiger partial charge in [0.25, 0.3) is 0 Å². The first-order chi connectivity index (χ1) is 11.3. The van der Waals surface area contributed by atoms with Crippen molar-refractivity contribution in [3.63, 3.8) is 0 Å². The van der Waals surface area contributed by atoms with Gasteiger partial charge in [0.2, 0.25) is 5.91 Å². The minimum Gasteiger partial charge on any atom is -0.352 e. The molecule has 1 aromatic carbocycles. The van der Waals surface area contributed by atoms with Crippen LogP contribution in [0.5, 0.6) is 0 Å². The summed E-state index contributed by atoms with van der Waals surface area (Å²) in [4.78, 5) is 19.3. The maximum Gasteiger partial charge on any atom is 0.237 e. The molecule has 0 radical (unpaired) electrons. The molecule has 0 bridgehead atoms. The van der Waals surface area contributed by atoms with E-state index in [0.717, 1.165) is 56.0 Å². The lowest BCUT2D eigenvalue weighted by Gasteiger charge is -2.32. The number of carbonyl (C=O) groups is 1. The Morgan fingerprint density at radius 2 is 2.09 bits per heavy atom. The second-order valence-corrected chi connectivity index (χ2v) is 7.39. The molecule has 4 rings (SSSR count). The van der Waals surface area contributed by atoms with E-state index < -0.39 is 0 Å². The van der Waals surface area contributed by atoms with E-state index in [1.165, 1.54) is 4.70 Å². The quantitative estimate of drug-likeness (QED) is 0.905. The third kappa shape index (κ3) is 3.19. The van der Waals surface area contributed by atoms with Crippen LogP contribution in [0.15, 0.2) is 24.3 Å². The fourth-order valence-electron chi connectivity index (χ4n) is 3.42. The summed E-state index contributed by atoms with van der Waals surface area (Å²) < 4.78 is 1.24. The highest BCUT2D eigenvalue weighted by atomic mass is 32.1. The first-order valence-electron chi connectivity index (χ1n) is 8.44. The third-order valence-electron chi connectivity index (χ3n) is 4.77. The number of hydrogen-bond donors (Lipinski definition) is 2. The average molecular weight is 330 g/mol. The van der Waals surface area contributed by atoms with Gasteiger partial charge in [0.05, 0.1) is 16.3 Å². The Hall–Kier alpha value is -1.66. The van der Waals surface area contributed by atoms with Crippen LogP contribution in [0.3, 0.4) is 0 Å². The second-order valence-electron chi connectivity index (χ2n) is 6.38. The second kappa shape index (κ2) is 6.45. The number of rotatable bonds is 3. The molecule has 1 unspecified atom stereocenters. The molecule has 1 aromatic heterocycles. The van der Waals surface area contributed by atoms with Crippen molar-refractivity contribution in [1.82, 2.24) is 15.6 Å². The molecule has 2 saturated heterocycles. The summed E-state index contributed by atoms with van der Waals surface area (Å²) in [6, 6.07) is 8.61. The van der Waals surface area contributed by atoms with Crippen LogP contribution in [0.1, 0.15) is 25.7 Å². The van der Waals surface area contributed by atoms with E-state index >= 15 is 0 Å². The number of nitrogens with one attached hydrogen (secondary N) is 2. The lowest BCUT2D eigenvalue weighted by Crippen LogP contribution is -2.49. The number of amides is 1. The lowest BCUT2D eigenvalue weighted by atomic mass is 10.0. The normalized spacial score (nSPS) is 22.6. The van der Waals surface area contributed by atoms with Crippen LogP contribution in [0.4, 0.5) is 5.13 Å². The van der Waals surface area contributed by atoms with Gasteiger partial charge < -0.3 is 15.5 Å². The van der Waals surface area contributed by atoms with E-state index in [-0.39, 0.29) is 11.9 Å². The Labute approximate surface area is 140 Å². The Morgan fingerprint density at radius 3 is 2.83 bits per heavy atom. The number of aromatic nitrogens is 1. The molecule has 2 fully saturated rings. The molecular formula is C17H22N4OS. The predicted molar refractivity (Wildman–Crippen MR) is 94.0 cm³/mol. The van der Waals surface area contributed by atoms with Gasteiger partial charge in [0.15, 0.2) is 5.13 Å². The van der Waals surface area contributed by atoms with Gasteiger partial charge in [-0.05, 0) is 44.4 Å². The van der Waals surface area contributed by atoms with Crippen LogP contribution in [-0.4, -0.2) is 42.6 Å². The molecule has 0 saturated carbocycles. The van der Waals surface area contributed by atoms with Gasteiger partial charge in [0, 0.05) is 19.1 Å².